The highest BCUT2D eigenvalue weighted by molar-refractivity contribution is 5.92. The first-order valence-electron chi connectivity index (χ1n) is 8.12. The van der Waals surface area contributed by atoms with Gasteiger partial charge in [0.25, 0.3) is 5.69 Å². The summed E-state index contributed by atoms with van der Waals surface area (Å²) in [6.45, 7) is 1.61. The van der Waals surface area contributed by atoms with Crippen molar-refractivity contribution in [3.05, 3.63) is 62.6 Å². The second-order valence-corrected chi connectivity index (χ2v) is 6.31. The molecule has 9 nitrogen and oxygen atoms in total. The van der Waals surface area contributed by atoms with Gasteiger partial charge in [0.2, 0.25) is 5.91 Å². The minimum atomic E-state index is -0.750. The maximum Gasteiger partial charge on any atom is 0.420 e. The fourth-order valence-electron chi connectivity index (χ4n) is 2.72. The molecule has 0 aliphatic carbocycles. The molecule has 1 aromatic heterocycles. The van der Waals surface area contributed by atoms with Gasteiger partial charge in [0.1, 0.15) is 6.54 Å². The Balaban J connectivity index is 1.83. The zero-order valence-corrected chi connectivity index (χ0v) is 15.1. The highest BCUT2D eigenvalue weighted by atomic mass is 16.6. The van der Waals surface area contributed by atoms with E-state index in [9.17, 15) is 19.7 Å². The van der Waals surface area contributed by atoms with E-state index in [4.69, 9.17) is 4.42 Å². The molecule has 9 heteroatoms. The number of nitro benzene ring substituents is 1. The van der Waals surface area contributed by atoms with Crippen LogP contribution >= 0.6 is 0 Å². The lowest BCUT2D eigenvalue weighted by atomic mass is 10.1. The summed E-state index contributed by atoms with van der Waals surface area (Å²) in [4.78, 5) is 36.6. The third-order valence-electron chi connectivity index (χ3n) is 4.16. The first kappa shape index (κ1) is 18.2. The van der Waals surface area contributed by atoms with Crippen molar-refractivity contribution in [1.82, 2.24) is 4.57 Å². The molecule has 0 saturated heterocycles. The molecule has 0 radical (unpaired) electrons. The maximum absolute atomic E-state index is 12.4. The van der Waals surface area contributed by atoms with Crippen LogP contribution in [-0.2, 0) is 11.3 Å². The maximum atomic E-state index is 12.4. The molecule has 3 rings (SSSR count). The molecule has 27 heavy (non-hydrogen) atoms. The van der Waals surface area contributed by atoms with Crippen LogP contribution in [0.1, 0.15) is 5.56 Å². The smallest absolute Gasteiger partial charge is 0.407 e. The van der Waals surface area contributed by atoms with Crippen LogP contribution < -0.4 is 16.0 Å². The number of hydrogen-bond donors (Lipinski definition) is 1. The molecule has 1 N–H and O–H groups in total. The van der Waals surface area contributed by atoms with Gasteiger partial charge in [-0.2, -0.15) is 0 Å². The Morgan fingerprint density at radius 3 is 2.63 bits per heavy atom. The summed E-state index contributed by atoms with van der Waals surface area (Å²) < 4.78 is 6.16. The lowest BCUT2D eigenvalue weighted by Crippen LogP contribution is -2.25. The van der Waals surface area contributed by atoms with Crippen LogP contribution in [0.25, 0.3) is 11.1 Å². The predicted molar refractivity (Wildman–Crippen MR) is 101 cm³/mol. The summed E-state index contributed by atoms with van der Waals surface area (Å²) in [6, 6.07) is 9.42. The quantitative estimate of drug-likeness (QED) is 0.546. The van der Waals surface area contributed by atoms with Crippen molar-refractivity contribution in [2.75, 3.05) is 24.3 Å². The number of nitrogens with one attached hydrogen (secondary N) is 1. The molecule has 2 aromatic carbocycles. The number of aryl methyl sites for hydroxylation is 1. The Bertz CT molecular complexity index is 1100. The number of carbonyl (C=O) groups excluding carboxylic acids is 1. The van der Waals surface area contributed by atoms with E-state index >= 15 is 0 Å². The van der Waals surface area contributed by atoms with E-state index < -0.39 is 16.6 Å². The minimum Gasteiger partial charge on any atom is -0.407 e. The summed E-state index contributed by atoms with van der Waals surface area (Å²) >= 11 is 0. The van der Waals surface area contributed by atoms with Gasteiger partial charge in [-0.05, 0) is 36.8 Å². The van der Waals surface area contributed by atoms with Crippen molar-refractivity contribution in [3.63, 3.8) is 0 Å². The molecule has 0 atom stereocenters. The molecule has 0 fully saturated rings. The Morgan fingerprint density at radius 2 is 2.00 bits per heavy atom. The van der Waals surface area contributed by atoms with E-state index in [1.165, 1.54) is 12.1 Å². The topological polar surface area (TPSA) is 111 Å². The van der Waals surface area contributed by atoms with Gasteiger partial charge in [0.15, 0.2) is 5.58 Å². The van der Waals surface area contributed by atoms with Crippen LogP contribution in [-0.4, -0.2) is 29.5 Å². The molecule has 1 amide bonds. The van der Waals surface area contributed by atoms with Crippen LogP contribution in [0.2, 0.25) is 0 Å². The van der Waals surface area contributed by atoms with E-state index in [1.54, 1.807) is 6.07 Å². The van der Waals surface area contributed by atoms with E-state index in [0.717, 1.165) is 21.9 Å². The van der Waals surface area contributed by atoms with Crippen LogP contribution in [0.15, 0.2) is 45.6 Å². The average Bonchev–Trinajstić information content (AvgIpc) is 2.91. The van der Waals surface area contributed by atoms with Gasteiger partial charge in [0, 0.05) is 31.5 Å². The summed E-state index contributed by atoms with van der Waals surface area (Å²) in [6.07, 6.45) is 0. The molecule has 140 valence electrons. The van der Waals surface area contributed by atoms with Crippen molar-refractivity contribution in [3.8, 4) is 0 Å². The number of non-ortho nitro benzene ring substituents is 1. The number of oxazole rings is 1. The highest BCUT2D eigenvalue weighted by Crippen LogP contribution is 2.22. The Morgan fingerprint density at radius 1 is 1.26 bits per heavy atom. The minimum absolute atomic E-state index is 0.0634. The second-order valence-electron chi connectivity index (χ2n) is 6.31. The molecule has 0 saturated carbocycles. The van der Waals surface area contributed by atoms with E-state index in [0.29, 0.717) is 11.2 Å². The molecule has 1 heterocycles. The number of carbonyl (C=O) groups is 1. The van der Waals surface area contributed by atoms with Crippen molar-refractivity contribution in [2.45, 2.75) is 13.5 Å². The standard InChI is InChI=1S/C18H18N4O5/c1-11-8-12(20(2)3)4-6-14(11)19-17(23)10-21-15-7-5-13(22(25)26)9-16(15)27-18(21)24/h4-9H,10H2,1-3H3,(H,19,23). The molecule has 0 spiro atoms. The summed E-state index contributed by atoms with van der Waals surface area (Å²) in [5, 5.41) is 13.6. The number of anilines is 2. The van der Waals surface area contributed by atoms with Gasteiger partial charge in [-0.25, -0.2) is 4.79 Å². The predicted octanol–water partition coefficient (Wildman–Crippen LogP) is 2.52. The van der Waals surface area contributed by atoms with Crippen LogP contribution in [0, 0.1) is 17.0 Å². The van der Waals surface area contributed by atoms with Crippen molar-refractivity contribution in [2.24, 2.45) is 0 Å². The molecular weight excluding hydrogens is 352 g/mol. The van der Waals surface area contributed by atoms with Crippen LogP contribution in [0.3, 0.4) is 0 Å². The number of nitrogens with zero attached hydrogens (tertiary/aromatic N) is 3. The zero-order valence-electron chi connectivity index (χ0n) is 15.1. The third-order valence-corrected chi connectivity index (χ3v) is 4.16. The molecule has 0 unspecified atom stereocenters. The average molecular weight is 370 g/mol. The van der Waals surface area contributed by atoms with Gasteiger partial charge < -0.3 is 14.6 Å². The van der Waals surface area contributed by atoms with Gasteiger partial charge in [-0.15, -0.1) is 0 Å². The van der Waals surface area contributed by atoms with Crippen molar-refractivity contribution in [1.29, 1.82) is 0 Å². The van der Waals surface area contributed by atoms with Gasteiger partial charge in [-0.3, -0.25) is 19.5 Å². The van der Waals surface area contributed by atoms with Crippen molar-refractivity contribution < 1.29 is 14.1 Å². The first-order valence-corrected chi connectivity index (χ1v) is 8.12. The molecule has 3 aromatic rings. The van der Waals surface area contributed by atoms with Crippen LogP contribution in [0.4, 0.5) is 17.1 Å². The Hall–Kier alpha value is -3.62. The number of aromatic nitrogens is 1. The molecule has 0 bridgehead atoms. The number of amides is 1. The number of rotatable bonds is 5. The highest BCUT2D eigenvalue weighted by Gasteiger charge is 2.16. The van der Waals surface area contributed by atoms with E-state index in [2.05, 4.69) is 5.32 Å². The largest absolute Gasteiger partial charge is 0.420 e. The van der Waals surface area contributed by atoms with E-state index in [-0.39, 0.29) is 17.8 Å². The van der Waals surface area contributed by atoms with Crippen molar-refractivity contribution >= 4 is 34.1 Å². The van der Waals surface area contributed by atoms with Gasteiger partial charge in [0.05, 0.1) is 16.5 Å². The number of benzene rings is 2. The number of fused-ring (bicyclic) bond motifs is 1. The molecule has 0 aliphatic heterocycles. The number of hydrogen-bond acceptors (Lipinski definition) is 6. The number of nitro groups is 1. The fraction of sp³-hybridized carbons (Fsp3) is 0.222. The van der Waals surface area contributed by atoms with Crippen LogP contribution in [0.5, 0.6) is 0 Å². The van der Waals surface area contributed by atoms with E-state index in [1.807, 2.05) is 38.1 Å². The fourth-order valence-corrected chi connectivity index (χ4v) is 2.72. The second kappa shape index (κ2) is 6.94. The lowest BCUT2D eigenvalue weighted by molar-refractivity contribution is -0.384. The Labute approximate surface area is 154 Å². The lowest BCUT2D eigenvalue weighted by Gasteiger charge is -2.15. The zero-order chi connectivity index (χ0) is 19.7. The Kier molecular flexibility index (Phi) is 4.68. The van der Waals surface area contributed by atoms with Gasteiger partial charge >= 0.3 is 5.76 Å². The summed E-state index contributed by atoms with van der Waals surface area (Å²) in [7, 11) is 3.85. The molecular formula is C18H18N4O5. The molecule has 0 aliphatic rings. The third kappa shape index (κ3) is 3.66. The normalized spacial score (nSPS) is 10.8. The monoisotopic (exact) mass is 370 g/mol. The first-order chi connectivity index (χ1) is 12.8. The summed E-state index contributed by atoms with van der Waals surface area (Å²) in [5.41, 5.74) is 2.72. The SMILES string of the molecule is Cc1cc(N(C)C)ccc1NC(=O)Cn1c(=O)oc2cc([N+](=O)[O-])ccc21. The van der Waals surface area contributed by atoms with Gasteiger partial charge in [-0.1, -0.05) is 0 Å². The summed E-state index contributed by atoms with van der Waals surface area (Å²) in [5.74, 6) is -1.15.